The molecule has 34 heavy (non-hydrogen) atoms. The summed E-state index contributed by atoms with van der Waals surface area (Å²) in [5, 5.41) is 5.17. The molecule has 1 aromatic heterocycles. The number of rotatable bonds is 8. The standard InChI is InChI=1S/C28H32N2O3S/c1-20-9-6-7-12-24(20)26(27(31)29-22-10-4-3-5-11-22)30(28(32)25-13-8-18-34-25)19-21-14-16-23(33-2)17-15-21/h6-9,12-18,22,26H,3-5,10-11,19H2,1-2H3,(H,29,31)/t26-/m0/s1. The molecule has 0 spiro atoms. The molecule has 1 atom stereocenters. The summed E-state index contributed by atoms with van der Waals surface area (Å²) in [6.07, 6.45) is 5.45. The second kappa shape index (κ2) is 11.3. The average Bonchev–Trinajstić information content (AvgIpc) is 3.40. The van der Waals surface area contributed by atoms with Gasteiger partial charge in [0.15, 0.2) is 0 Å². The van der Waals surface area contributed by atoms with Gasteiger partial charge in [-0.1, -0.05) is 61.7 Å². The van der Waals surface area contributed by atoms with Gasteiger partial charge in [-0.25, -0.2) is 0 Å². The zero-order valence-electron chi connectivity index (χ0n) is 19.8. The van der Waals surface area contributed by atoms with Crippen LogP contribution in [0.2, 0.25) is 0 Å². The molecule has 1 heterocycles. The Hall–Kier alpha value is -3.12. The molecule has 1 aliphatic rings. The Bertz CT molecular complexity index is 1090. The number of ether oxygens (including phenoxy) is 1. The zero-order valence-corrected chi connectivity index (χ0v) is 20.6. The van der Waals surface area contributed by atoms with E-state index in [-0.39, 0.29) is 17.9 Å². The van der Waals surface area contributed by atoms with Gasteiger partial charge in [0, 0.05) is 12.6 Å². The van der Waals surface area contributed by atoms with Crippen molar-refractivity contribution in [1.82, 2.24) is 10.2 Å². The number of nitrogens with one attached hydrogen (secondary N) is 1. The molecule has 2 amide bonds. The summed E-state index contributed by atoms with van der Waals surface area (Å²) >= 11 is 1.40. The molecule has 3 aromatic rings. The van der Waals surface area contributed by atoms with Crippen molar-refractivity contribution >= 4 is 23.2 Å². The number of carbonyl (C=O) groups excluding carboxylic acids is 2. The van der Waals surface area contributed by atoms with Crippen LogP contribution in [0, 0.1) is 6.92 Å². The van der Waals surface area contributed by atoms with E-state index >= 15 is 0 Å². The van der Waals surface area contributed by atoms with Crippen LogP contribution in [0.4, 0.5) is 0 Å². The number of thiophene rings is 1. The van der Waals surface area contributed by atoms with Gasteiger partial charge in [0.25, 0.3) is 5.91 Å². The first-order valence-electron chi connectivity index (χ1n) is 11.9. The Morgan fingerprint density at radius 2 is 1.76 bits per heavy atom. The van der Waals surface area contributed by atoms with Gasteiger partial charge < -0.3 is 15.0 Å². The maximum Gasteiger partial charge on any atom is 0.265 e. The van der Waals surface area contributed by atoms with E-state index in [2.05, 4.69) is 5.32 Å². The minimum absolute atomic E-state index is 0.111. The molecule has 2 aromatic carbocycles. The molecule has 178 valence electrons. The number of nitrogens with zero attached hydrogens (tertiary/aromatic N) is 1. The predicted molar refractivity (Wildman–Crippen MR) is 136 cm³/mol. The molecule has 0 radical (unpaired) electrons. The monoisotopic (exact) mass is 476 g/mol. The van der Waals surface area contributed by atoms with E-state index in [0.29, 0.717) is 11.4 Å². The molecule has 4 rings (SSSR count). The summed E-state index contributed by atoms with van der Waals surface area (Å²) in [7, 11) is 1.63. The normalized spacial score (nSPS) is 14.9. The van der Waals surface area contributed by atoms with Gasteiger partial charge >= 0.3 is 0 Å². The number of benzene rings is 2. The van der Waals surface area contributed by atoms with Crippen LogP contribution < -0.4 is 10.1 Å². The van der Waals surface area contributed by atoms with Crippen LogP contribution >= 0.6 is 11.3 Å². The van der Waals surface area contributed by atoms with Crippen molar-refractivity contribution in [2.24, 2.45) is 0 Å². The van der Waals surface area contributed by atoms with Crippen molar-refractivity contribution in [2.45, 2.75) is 57.7 Å². The molecule has 1 saturated carbocycles. The molecule has 1 fully saturated rings. The van der Waals surface area contributed by atoms with Gasteiger partial charge in [-0.2, -0.15) is 0 Å². The van der Waals surface area contributed by atoms with Crippen molar-refractivity contribution in [2.75, 3.05) is 7.11 Å². The minimum atomic E-state index is -0.722. The summed E-state index contributed by atoms with van der Waals surface area (Å²) in [6, 6.07) is 18.6. The summed E-state index contributed by atoms with van der Waals surface area (Å²) in [5.74, 6) is 0.503. The zero-order chi connectivity index (χ0) is 23.9. The number of methoxy groups -OCH3 is 1. The molecule has 1 aliphatic carbocycles. The highest BCUT2D eigenvalue weighted by molar-refractivity contribution is 7.12. The Labute approximate surface area is 205 Å². The lowest BCUT2D eigenvalue weighted by Gasteiger charge is -2.34. The van der Waals surface area contributed by atoms with E-state index < -0.39 is 6.04 Å². The molecular weight excluding hydrogens is 444 g/mol. The van der Waals surface area contributed by atoms with E-state index in [4.69, 9.17) is 4.74 Å². The maximum absolute atomic E-state index is 13.8. The van der Waals surface area contributed by atoms with Crippen LogP contribution in [0.25, 0.3) is 0 Å². The average molecular weight is 477 g/mol. The highest BCUT2D eigenvalue weighted by Crippen LogP contribution is 2.30. The molecule has 0 saturated heterocycles. The fourth-order valence-corrected chi connectivity index (χ4v) is 5.30. The first-order valence-corrected chi connectivity index (χ1v) is 12.8. The van der Waals surface area contributed by atoms with Crippen LogP contribution in [0.3, 0.4) is 0 Å². The third-order valence-corrected chi connectivity index (χ3v) is 7.36. The number of carbonyl (C=O) groups is 2. The van der Waals surface area contributed by atoms with Gasteiger partial charge in [0.05, 0.1) is 12.0 Å². The maximum atomic E-state index is 13.8. The third kappa shape index (κ3) is 5.68. The summed E-state index contributed by atoms with van der Waals surface area (Å²) in [5.41, 5.74) is 2.79. The molecule has 0 unspecified atom stereocenters. The van der Waals surface area contributed by atoms with Gasteiger partial charge in [0.1, 0.15) is 11.8 Å². The van der Waals surface area contributed by atoms with E-state index in [1.54, 1.807) is 12.0 Å². The lowest BCUT2D eigenvalue weighted by Crippen LogP contribution is -2.47. The van der Waals surface area contributed by atoms with Crippen molar-refractivity contribution in [3.63, 3.8) is 0 Å². The van der Waals surface area contributed by atoms with Crippen molar-refractivity contribution < 1.29 is 14.3 Å². The largest absolute Gasteiger partial charge is 0.497 e. The van der Waals surface area contributed by atoms with Crippen LogP contribution in [0.5, 0.6) is 5.75 Å². The summed E-state index contributed by atoms with van der Waals surface area (Å²) in [4.78, 5) is 30.0. The van der Waals surface area contributed by atoms with Crippen LogP contribution in [0.15, 0.2) is 66.0 Å². The second-order valence-corrected chi connectivity index (χ2v) is 9.81. The summed E-state index contributed by atoms with van der Waals surface area (Å²) in [6.45, 7) is 2.31. The molecule has 1 N–H and O–H groups in total. The Kier molecular flexibility index (Phi) is 8.01. The number of hydrogen-bond acceptors (Lipinski definition) is 4. The highest BCUT2D eigenvalue weighted by Gasteiger charge is 2.34. The van der Waals surface area contributed by atoms with Gasteiger partial charge in [0.2, 0.25) is 5.91 Å². The van der Waals surface area contributed by atoms with Crippen molar-refractivity contribution in [3.8, 4) is 5.75 Å². The fraction of sp³-hybridized carbons (Fsp3) is 0.357. The Balaban J connectivity index is 1.73. The highest BCUT2D eigenvalue weighted by atomic mass is 32.1. The van der Waals surface area contributed by atoms with Gasteiger partial charge in [-0.3, -0.25) is 9.59 Å². The predicted octanol–water partition coefficient (Wildman–Crippen LogP) is 5.90. The lowest BCUT2D eigenvalue weighted by molar-refractivity contribution is -0.127. The second-order valence-electron chi connectivity index (χ2n) is 8.86. The Morgan fingerprint density at radius 3 is 2.41 bits per heavy atom. The van der Waals surface area contributed by atoms with E-state index in [1.807, 2.05) is 73.0 Å². The number of hydrogen-bond donors (Lipinski definition) is 1. The third-order valence-electron chi connectivity index (χ3n) is 6.50. The first kappa shape index (κ1) is 24.0. The molecular formula is C28H32N2O3S. The topological polar surface area (TPSA) is 58.6 Å². The SMILES string of the molecule is COc1ccc(CN(C(=O)c2cccs2)[C@H](C(=O)NC2CCCCC2)c2ccccc2C)cc1. The van der Waals surface area contributed by atoms with Crippen LogP contribution in [-0.2, 0) is 11.3 Å². The molecule has 0 aliphatic heterocycles. The van der Waals surface area contributed by atoms with Crippen molar-refractivity contribution in [3.05, 3.63) is 87.6 Å². The van der Waals surface area contributed by atoms with E-state index in [1.165, 1.54) is 17.8 Å². The Morgan fingerprint density at radius 1 is 1.03 bits per heavy atom. The molecule has 6 heteroatoms. The van der Waals surface area contributed by atoms with Gasteiger partial charge in [-0.15, -0.1) is 11.3 Å². The van der Waals surface area contributed by atoms with E-state index in [0.717, 1.165) is 48.1 Å². The van der Waals surface area contributed by atoms with Crippen LogP contribution in [-0.4, -0.2) is 29.9 Å². The quantitative estimate of drug-likeness (QED) is 0.440. The first-order chi connectivity index (χ1) is 16.6. The summed E-state index contributed by atoms with van der Waals surface area (Å²) < 4.78 is 5.29. The number of amides is 2. The van der Waals surface area contributed by atoms with E-state index in [9.17, 15) is 9.59 Å². The van der Waals surface area contributed by atoms with Crippen LogP contribution in [0.1, 0.15) is 64.5 Å². The number of aryl methyl sites for hydroxylation is 1. The lowest BCUT2D eigenvalue weighted by atomic mass is 9.93. The molecule has 0 bridgehead atoms. The molecule has 5 nitrogen and oxygen atoms in total. The fourth-order valence-electron chi connectivity index (χ4n) is 4.62. The van der Waals surface area contributed by atoms with Crippen molar-refractivity contribution in [1.29, 1.82) is 0 Å². The minimum Gasteiger partial charge on any atom is -0.497 e. The smallest absolute Gasteiger partial charge is 0.265 e. The van der Waals surface area contributed by atoms with Gasteiger partial charge in [-0.05, 0) is 60.0 Å².